The predicted molar refractivity (Wildman–Crippen MR) is 72.1 cm³/mol. The van der Waals surface area contributed by atoms with Crippen LogP contribution in [0.5, 0.6) is 0 Å². The number of aromatic nitrogens is 2. The Hall–Kier alpha value is -2.42. The van der Waals surface area contributed by atoms with E-state index in [0.717, 1.165) is 23.9 Å². The third-order valence-electron chi connectivity index (χ3n) is 2.78. The second kappa shape index (κ2) is 5.17. The Morgan fingerprint density at radius 2 is 2.00 bits per heavy atom. The molecule has 0 aliphatic carbocycles. The number of nitrogens with zero attached hydrogens (tertiary/aromatic N) is 2. The highest BCUT2D eigenvalue weighted by Crippen LogP contribution is 2.18. The van der Waals surface area contributed by atoms with E-state index in [0.29, 0.717) is 0 Å². The Morgan fingerprint density at radius 3 is 2.52 bits per heavy atom. The topological polar surface area (TPSA) is 101 Å². The SMILES string of the molecule is Cc1cc(NS(=O)(=O)c2cc(F)cc(C(=O)O)c2)nn1C. The maximum absolute atomic E-state index is 13.4. The molecule has 9 heteroatoms. The van der Waals surface area contributed by atoms with Crippen molar-refractivity contribution in [2.45, 2.75) is 11.8 Å². The number of rotatable bonds is 4. The van der Waals surface area contributed by atoms with Gasteiger partial charge in [0.1, 0.15) is 5.82 Å². The zero-order valence-electron chi connectivity index (χ0n) is 11.2. The van der Waals surface area contributed by atoms with E-state index in [4.69, 9.17) is 5.11 Å². The summed E-state index contributed by atoms with van der Waals surface area (Å²) in [5, 5.41) is 12.7. The van der Waals surface area contributed by atoms with Gasteiger partial charge in [-0.2, -0.15) is 5.10 Å². The van der Waals surface area contributed by atoms with Gasteiger partial charge < -0.3 is 5.11 Å². The normalized spacial score (nSPS) is 11.4. The fourth-order valence-corrected chi connectivity index (χ4v) is 2.69. The minimum atomic E-state index is -4.12. The maximum Gasteiger partial charge on any atom is 0.335 e. The number of nitrogens with one attached hydrogen (secondary N) is 1. The number of sulfonamides is 1. The van der Waals surface area contributed by atoms with Crippen molar-refractivity contribution in [2.24, 2.45) is 7.05 Å². The molecule has 0 spiro atoms. The molecule has 0 atom stereocenters. The Morgan fingerprint density at radius 1 is 1.33 bits per heavy atom. The van der Waals surface area contributed by atoms with Crippen LogP contribution < -0.4 is 4.72 Å². The van der Waals surface area contributed by atoms with Crippen molar-refractivity contribution in [1.29, 1.82) is 0 Å². The average molecular weight is 313 g/mol. The summed E-state index contributed by atoms with van der Waals surface area (Å²) < 4.78 is 41.2. The van der Waals surface area contributed by atoms with Gasteiger partial charge in [-0.1, -0.05) is 0 Å². The summed E-state index contributed by atoms with van der Waals surface area (Å²) in [6.07, 6.45) is 0. The van der Waals surface area contributed by atoms with Gasteiger partial charge >= 0.3 is 5.97 Å². The molecule has 0 amide bonds. The number of hydrogen-bond donors (Lipinski definition) is 2. The fraction of sp³-hybridized carbons (Fsp3) is 0.167. The third-order valence-corrected chi connectivity index (χ3v) is 4.12. The maximum atomic E-state index is 13.4. The Kier molecular flexibility index (Phi) is 3.69. The monoisotopic (exact) mass is 313 g/mol. The molecule has 0 bridgehead atoms. The lowest BCUT2D eigenvalue weighted by molar-refractivity contribution is 0.0696. The number of carboxylic acid groups (broad SMARTS) is 1. The smallest absolute Gasteiger partial charge is 0.335 e. The van der Waals surface area contributed by atoms with Crippen molar-refractivity contribution in [1.82, 2.24) is 9.78 Å². The van der Waals surface area contributed by atoms with Crippen molar-refractivity contribution in [3.8, 4) is 0 Å². The first-order valence-electron chi connectivity index (χ1n) is 5.76. The minimum Gasteiger partial charge on any atom is -0.478 e. The summed E-state index contributed by atoms with van der Waals surface area (Å²) in [5.41, 5.74) is 0.269. The average Bonchev–Trinajstić information content (AvgIpc) is 2.66. The summed E-state index contributed by atoms with van der Waals surface area (Å²) >= 11 is 0. The summed E-state index contributed by atoms with van der Waals surface area (Å²) in [5.74, 6) is -2.30. The molecule has 1 heterocycles. The first kappa shape index (κ1) is 15.0. The summed E-state index contributed by atoms with van der Waals surface area (Å²) in [6.45, 7) is 1.73. The van der Waals surface area contributed by atoms with Gasteiger partial charge in [0.2, 0.25) is 0 Å². The van der Waals surface area contributed by atoms with Crippen molar-refractivity contribution in [3.63, 3.8) is 0 Å². The molecule has 2 N–H and O–H groups in total. The van der Waals surface area contributed by atoms with Crippen LogP contribution in [-0.4, -0.2) is 29.3 Å². The molecule has 0 unspecified atom stereocenters. The summed E-state index contributed by atoms with van der Waals surface area (Å²) in [4.78, 5) is 10.4. The molecule has 7 nitrogen and oxygen atoms in total. The molecule has 0 saturated carbocycles. The van der Waals surface area contributed by atoms with Gasteiger partial charge in [0.05, 0.1) is 10.5 Å². The van der Waals surface area contributed by atoms with E-state index in [-0.39, 0.29) is 5.82 Å². The molecule has 2 aromatic rings. The van der Waals surface area contributed by atoms with Crippen LogP contribution in [0.1, 0.15) is 16.1 Å². The van der Waals surface area contributed by atoms with Crippen LogP contribution in [-0.2, 0) is 17.1 Å². The van der Waals surface area contributed by atoms with Gasteiger partial charge in [0, 0.05) is 18.8 Å². The van der Waals surface area contributed by atoms with Crippen LogP contribution in [0.25, 0.3) is 0 Å². The Balaban J connectivity index is 2.42. The standard InChI is InChI=1S/C12H12FN3O4S/c1-7-3-11(14-16(7)2)15-21(19,20)10-5-8(12(17)18)4-9(13)6-10/h3-6H,1-2H3,(H,14,15)(H,17,18). The van der Waals surface area contributed by atoms with Crippen LogP contribution in [0, 0.1) is 12.7 Å². The molecule has 2 rings (SSSR count). The van der Waals surface area contributed by atoms with E-state index in [1.54, 1.807) is 14.0 Å². The van der Waals surface area contributed by atoms with Crippen molar-refractivity contribution < 1.29 is 22.7 Å². The van der Waals surface area contributed by atoms with Crippen molar-refractivity contribution in [3.05, 3.63) is 41.3 Å². The lowest BCUT2D eigenvalue weighted by Gasteiger charge is -2.06. The van der Waals surface area contributed by atoms with Crippen LogP contribution in [0.4, 0.5) is 10.2 Å². The number of carbonyl (C=O) groups is 1. The quantitative estimate of drug-likeness (QED) is 0.887. The van der Waals surface area contributed by atoms with Crippen LogP contribution >= 0.6 is 0 Å². The van der Waals surface area contributed by atoms with Gasteiger partial charge in [-0.25, -0.2) is 17.6 Å². The lowest BCUT2D eigenvalue weighted by Crippen LogP contribution is -2.14. The Labute approximate surface area is 120 Å². The number of hydrogen-bond acceptors (Lipinski definition) is 4. The van der Waals surface area contributed by atoms with Gasteiger partial charge in [-0.15, -0.1) is 0 Å². The second-order valence-electron chi connectivity index (χ2n) is 4.38. The van der Waals surface area contributed by atoms with Gasteiger partial charge in [-0.3, -0.25) is 9.40 Å². The molecule has 112 valence electrons. The summed E-state index contributed by atoms with van der Waals surface area (Å²) in [6, 6.07) is 3.86. The highest BCUT2D eigenvalue weighted by atomic mass is 32.2. The number of benzene rings is 1. The van der Waals surface area contributed by atoms with Crippen molar-refractivity contribution in [2.75, 3.05) is 4.72 Å². The van der Waals surface area contributed by atoms with Crippen LogP contribution in [0.2, 0.25) is 0 Å². The molecule has 0 fully saturated rings. The largest absolute Gasteiger partial charge is 0.478 e. The van der Waals surface area contributed by atoms with E-state index in [9.17, 15) is 17.6 Å². The molecule has 0 radical (unpaired) electrons. The number of carboxylic acids is 1. The molecule has 1 aromatic carbocycles. The highest BCUT2D eigenvalue weighted by Gasteiger charge is 2.19. The molecule has 21 heavy (non-hydrogen) atoms. The molecule has 1 aromatic heterocycles. The van der Waals surface area contributed by atoms with E-state index in [2.05, 4.69) is 9.82 Å². The van der Waals surface area contributed by atoms with Crippen molar-refractivity contribution >= 4 is 21.8 Å². The first-order chi connectivity index (χ1) is 9.69. The second-order valence-corrected chi connectivity index (χ2v) is 6.06. The van der Waals surface area contributed by atoms with E-state index in [1.807, 2.05) is 0 Å². The molecular formula is C12H12FN3O4S. The van der Waals surface area contributed by atoms with Crippen LogP contribution in [0.3, 0.4) is 0 Å². The molecule has 0 saturated heterocycles. The molecular weight excluding hydrogens is 301 g/mol. The van der Waals surface area contributed by atoms with Gasteiger partial charge in [0.15, 0.2) is 5.82 Å². The number of halogens is 1. The minimum absolute atomic E-state index is 0.0659. The third kappa shape index (κ3) is 3.19. The zero-order valence-corrected chi connectivity index (χ0v) is 12.0. The fourth-order valence-electron chi connectivity index (χ4n) is 1.65. The van der Waals surface area contributed by atoms with Crippen LogP contribution in [0.15, 0.2) is 29.2 Å². The molecule has 0 aliphatic rings. The van der Waals surface area contributed by atoms with E-state index < -0.39 is 32.3 Å². The number of aryl methyl sites for hydroxylation is 2. The van der Waals surface area contributed by atoms with Gasteiger partial charge in [0.25, 0.3) is 10.0 Å². The first-order valence-corrected chi connectivity index (χ1v) is 7.25. The highest BCUT2D eigenvalue weighted by molar-refractivity contribution is 7.92. The summed E-state index contributed by atoms with van der Waals surface area (Å²) in [7, 11) is -2.49. The van der Waals surface area contributed by atoms with E-state index >= 15 is 0 Å². The zero-order chi connectivity index (χ0) is 15.8. The molecule has 0 aliphatic heterocycles. The Bertz CT molecular complexity index is 794. The predicted octanol–water partition coefficient (Wildman–Crippen LogP) is 1.37. The number of anilines is 1. The lowest BCUT2D eigenvalue weighted by atomic mass is 10.2. The van der Waals surface area contributed by atoms with Gasteiger partial charge in [-0.05, 0) is 25.1 Å². The van der Waals surface area contributed by atoms with E-state index in [1.165, 1.54) is 10.7 Å². The number of aromatic carboxylic acids is 1.